The second-order valence-electron chi connectivity index (χ2n) is 6.52. The van der Waals surface area contributed by atoms with Crippen molar-refractivity contribution in [3.05, 3.63) is 10.6 Å². The zero-order valence-corrected chi connectivity index (χ0v) is 13.6. The van der Waals surface area contributed by atoms with Crippen LogP contribution in [0, 0.1) is 0 Å². The number of rotatable bonds is 6. The average molecular weight is 295 g/mol. The lowest BCUT2D eigenvalue weighted by molar-refractivity contribution is 0.181. The normalized spacial score (nSPS) is 21.6. The molecule has 0 radical (unpaired) electrons. The number of nitrogens with one attached hydrogen (secondary N) is 1. The maximum atomic E-state index is 5.32. The van der Waals surface area contributed by atoms with Gasteiger partial charge in [0.25, 0.3) is 0 Å². The van der Waals surface area contributed by atoms with Gasteiger partial charge >= 0.3 is 0 Å². The van der Waals surface area contributed by atoms with Crippen molar-refractivity contribution in [2.75, 3.05) is 18.6 Å². The quantitative estimate of drug-likeness (QED) is 0.875. The smallest absolute Gasteiger partial charge is 0.186 e. The molecule has 5 heteroatoms. The first-order chi connectivity index (χ1) is 9.60. The summed E-state index contributed by atoms with van der Waals surface area (Å²) in [7, 11) is 1.75. The molecular formula is C15H25N3OS. The lowest BCUT2D eigenvalue weighted by atomic mass is 10.0. The first-order valence-electron chi connectivity index (χ1n) is 7.59. The lowest BCUT2D eigenvalue weighted by Crippen LogP contribution is -2.38. The Labute approximate surface area is 125 Å². The zero-order chi connectivity index (χ0) is 14.2. The predicted octanol–water partition coefficient (Wildman–Crippen LogP) is 2.92. The van der Waals surface area contributed by atoms with Gasteiger partial charge in [-0.25, -0.2) is 4.98 Å². The summed E-state index contributed by atoms with van der Waals surface area (Å²) in [5.74, 6) is 0. The highest BCUT2D eigenvalue weighted by molar-refractivity contribution is 7.15. The monoisotopic (exact) mass is 295 g/mol. The molecule has 2 aliphatic rings. The van der Waals surface area contributed by atoms with Crippen molar-refractivity contribution in [1.82, 2.24) is 10.3 Å². The molecule has 4 nitrogen and oxygen atoms in total. The number of hydrogen-bond acceptors (Lipinski definition) is 5. The van der Waals surface area contributed by atoms with Gasteiger partial charge in [-0.15, -0.1) is 11.3 Å². The summed E-state index contributed by atoms with van der Waals surface area (Å²) in [6.45, 7) is 7.32. The van der Waals surface area contributed by atoms with Gasteiger partial charge in [0.1, 0.15) is 0 Å². The summed E-state index contributed by atoms with van der Waals surface area (Å²) in [5.41, 5.74) is 1.35. The van der Waals surface area contributed by atoms with E-state index in [0.29, 0.717) is 6.61 Å². The molecule has 1 N–H and O–H groups in total. The van der Waals surface area contributed by atoms with E-state index in [9.17, 15) is 0 Å². The molecule has 0 atom stereocenters. The van der Waals surface area contributed by atoms with Gasteiger partial charge in [0, 0.05) is 36.7 Å². The molecule has 1 saturated carbocycles. The fraction of sp³-hybridized carbons (Fsp3) is 0.800. The first-order valence-corrected chi connectivity index (χ1v) is 8.40. The summed E-state index contributed by atoms with van der Waals surface area (Å²) in [4.78, 5) is 8.67. The number of ether oxygens (including phenoxy) is 1. The van der Waals surface area contributed by atoms with Crippen LogP contribution in [-0.4, -0.2) is 30.2 Å². The summed E-state index contributed by atoms with van der Waals surface area (Å²) in [5, 5.41) is 4.77. The Morgan fingerprint density at radius 2 is 2.25 bits per heavy atom. The minimum Gasteiger partial charge on any atom is -0.378 e. The van der Waals surface area contributed by atoms with E-state index < -0.39 is 0 Å². The molecule has 1 aliphatic heterocycles. The van der Waals surface area contributed by atoms with Crippen LogP contribution in [0.1, 0.15) is 50.1 Å². The molecule has 3 rings (SSSR count). The van der Waals surface area contributed by atoms with Gasteiger partial charge in [-0.2, -0.15) is 0 Å². The minimum absolute atomic E-state index is 0.239. The number of methoxy groups -OCH3 is 1. The fourth-order valence-electron chi connectivity index (χ4n) is 2.86. The van der Waals surface area contributed by atoms with Crippen molar-refractivity contribution in [3.8, 4) is 0 Å². The zero-order valence-electron chi connectivity index (χ0n) is 12.7. The molecule has 2 fully saturated rings. The van der Waals surface area contributed by atoms with E-state index in [0.717, 1.165) is 24.8 Å². The SMILES string of the molecule is COCc1nc(N2CCCC2(C)C)sc1CNC1CC1. The van der Waals surface area contributed by atoms with Crippen LogP contribution in [0.2, 0.25) is 0 Å². The van der Waals surface area contributed by atoms with Gasteiger partial charge in [0.2, 0.25) is 0 Å². The van der Waals surface area contributed by atoms with Gasteiger partial charge < -0.3 is 15.0 Å². The van der Waals surface area contributed by atoms with Gasteiger partial charge in [-0.1, -0.05) is 0 Å². The van der Waals surface area contributed by atoms with E-state index in [1.54, 1.807) is 7.11 Å². The number of hydrogen-bond donors (Lipinski definition) is 1. The number of anilines is 1. The molecule has 20 heavy (non-hydrogen) atoms. The van der Waals surface area contributed by atoms with Gasteiger partial charge in [0.05, 0.1) is 12.3 Å². The van der Waals surface area contributed by atoms with Crippen molar-refractivity contribution in [1.29, 1.82) is 0 Å². The second kappa shape index (κ2) is 5.62. The number of aromatic nitrogens is 1. The highest BCUT2D eigenvalue weighted by Crippen LogP contribution is 2.37. The van der Waals surface area contributed by atoms with Crippen LogP contribution in [-0.2, 0) is 17.9 Å². The molecule has 0 bridgehead atoms. The predicted molar refractivity (Wildman–Crippen MR) is 83.3 cm³/mol. The van der Waals surface area contributed by atoms with Crippen LogP contribution < -0.4 is 10.2 Å². The topological polar surface area (TPSA) is 37.4 Å². The van der Waals surface area contributed by atoms with Crippen LogP contribution in [0.4, 0.5) is 5.13 Å². The van der Waals surface area contributed by atoms with E-state index in [4.69, 9.17) is 9.72 Å². The molecule has 1 aromatic heterocycles. The molecule has 2 heterocycles. The third-order valence-electron chi connectivity index (χ3n) is 4.31. The van der Waals surface area contributed by atoms with E-state index in [1.807, 2.05) is 11.3 Å². The molecule has 1 aromatic rings. The lowest BCUT2D eigenvalue weighted by Gasteiger charge is -2.31. The fourth-order valence-corrected chi connectivity index (χ4v) is 4.06. The summed E-state index contributed by atoms with van der Waals surface area (Å²) >= 11 is 1.84. The van der Waals surface area contributed by atoms with Crippen LogP contribution in [0.15, 0.2) is 0 Å². The van der Waals surface area contributed by atoms with E-state index in [2.05, 4.69) is 24.1 Å². The van der Waals surface area contributed by atoms with E-state index >= 15 is 0 Å². The number of thiazole rings is 1. The molecule has 0 aromatic carbocycles. The van der Waals surface area contributed by atoms with Crippen LogP contribution in [0.25, 0.3) is 0 Å². The maximum Gasteiger partial charge on any atom is 0.186 e. The largest absolute Gasteiger partial charge is 0.378 e. The third-order valence-corrected chi connectivity index (χ3v) is 5.43. The summed E-state index contributed by atoms with van der Waals surface area (Å²) < 4.78 is 5.32. The molecular weight excluding hydrogens is 270 g/mol. The second-order valence-corrected chi connectivity index (χ2v) is 7.58. The molecule has 1 saturated heterocycles. The summed E-state index contributed by atoms with van der Waals surface area (Å²) in [6.07, 6.45) is 5.17. The highest BCUT2D eigenvalue weighted by Gasteiger charge is 2.34. The Morgan fingerprint density at radius 1 is 1.45 bits per heavy atom. The van der Waals surface area contributed by atoms with Crippen LogP contribution in [0.3, 0.4) is 0 Å². The first kappa shape index (κ1) is 14.3. The molecule has 0 spiro atoms. The summed E-state index contributed by atoms with van der Waals surface area (Å²) in [6, 6.07) is 0.735. The standard InChI is InChI=1S/C15H25N3OS/c1-15(2)7-4-8-18(15)14-17-12(10-19-3)13(20-14)9-16-11-5-6-11/h11,16H,4-10H2,1-3H3. The van der Waals surface area contributed by atoms with Crippen molar-refractivity contribution in [2.45, 2.75) is 64.3 Å². The Bertz CT molecular complexity index is 468. The van der Waals surface area contributed by atoms with Crippen LogP contribution >= 0.6 is 11.3 Å². The average Bonchev–Trinajstić information content (AvgIpc) is 3.05. The van der Waals surface area contributed by atoms with E-state index in [1.165, 1.54) is 35.7 Å². The third kappa shape index (κ3) is 3.00. The van der Waals surface area contributed by atoms with Gasteiger partial charge in [-0.05, 0) is 39.5 Å². The molecule has 1 aliphatic carbocycles. The molecule has 0 amide bonds. The number of nitrogens with zero attached hydrogens (tertiary/aromatic N) is 2. The van der Waals surface area contributed by atoms with Crippen molar-refractivity contribution in [2.24, 2.45) is 0 Å². The van der Waals surface area contributed by atoms with E-state index in [-0.39, 0.29) is 5.54 Å². The van der Waals surface area contributed by atoms with Crippen molar-refractivity contribution in [3.63, 3.8) is 0 Å². The Morgan fingerprint density at radius 3 is 2.85 bits per heavy atom. The van der Waals surface area contributed by atoms with Gasteiger partial charge in [0.15, 0.2) is 5.13 Å². The Kier molecular flexibility index (Phi) is 4.02. The minimum atomic E-state index is 0.239. The molecule has 0 unspecified atom stereocenters. The molecule has 112 valence electrons. The van der Waals surface area contributed by atoms with Crippen molar-refractivity contribution >= 4 is 16.5 Å². The van der Waals surface area contributed by atoms with Gasteiger partial charge in [-0.3, -0.25) is 0 Å². The maximum absolute atomic E-state index is 5.32. The highest BCUT2D eigenvalue weighted by atomic mass is 32.1. The van der Waals surface area contributed by atoms with Crippen LogP contribution in [0.5, 0.6) is 0 Å². The Hall–Kier alpha value is -0.650. The van der Waals surface area contributed by atoms with Crippen molar-refractivity contribution < 1.29 is 4.74 Å². The Balaban J connectivity index is 1.78.